The van der Waals surface area contributed by atoms with E-state index < -0.39 is 23.5 Å². The SMILES string of the molecule is C[C@@]1(C(=O)O)CCCN(c2c3c(nc4cc([C@H]5CC[C@H](C(F)(F)F)CC5)nn24)COCC3)C1. The van der Waals surface area contributed by atoms with E-state index in [1.807, 2.05) is 6.07 Å². The predicted octanol–water partition coefficient (Wildman–Crippen LogP) is 4.33. The Morgan fingerprint density at radius 2 is 2.03 bits per heavy atom. The van der Waals surface area contributed by atoms with Gasteiger partial charge in [-0.2, -0.15) is 22.8 Å². The van der Waals surface area contributed by atoms with Crippen LogP contribution in [0.4, 0.5) is 19.0 Å². The second kappa shape index (κ2) is 8.14. The van der Waals surface area contributed by atoms with E-state index in [0.717, 1.165) is 35.7 Å². The molecule has 4 heterocycles. The van der Waals surface area contributed by atoms with Crippen LogP contribution in [0, 0.1) is 11.3 Å². The predicted molar refractivity (Wildman–Crippen MR) is 114 cm³/mol. The molecule has 0 spiro atoms. The molecule has 1 N–H and O–H groups in total. The molecule has 2 aromatic heterocycles. The summed E-state index contributed by atoms with van der Waals surface area (Å²) in [5, 5.41) is 14.6. The number of carboxylic acid groups (broad SMARTS) is 1. The first-order valence-corrected chi connectivity index (χ1v) is 11.7. The fourth-order valence-corrected chi connectivity index (χ4v) is 5.64. The number of nitrogens with zero attached hydrogens (tertiary/aromatic N) is 4. The summed E-state index contributed by atoms with van der Waals surface area (Å²) in [6.45, 7) is 3.83. The van der Waals surface area contributed by atoms with Crippen molar-refractivity contribution >= 4 is 17.4 Å². The van der Waals surface area contributed by atoms with Gasteiger partial charge in [-0.05, 0) is 45.4 Å². The molecule has 2 aromatic rings. The Kier molecular flexibility index (Phi) is 5.54. The lowest BCUT2D eigenvalue weighted by molar-refractivity contribution is -0.182. The molecule has 0 bridgehead atoms. The highest BCUT2D eigenvalue weighted by molar-refractivity contribution is 5.75. The van der Waals surface area contributed by atoms with Crippen LogP contribution in [0.1, 0.15) is 68.3 Å². The molecule has 0 aromatic carbocycles. The van der Waals surface area contributed by atoms with Gasteiger partial charge in [0.1, 0.15) is 5.82 Å². The molecule has 7 nitrogen and oxygen atoms in total. The summed E-state index contributed by atoms with van der Waals surface area (Å²) in [7, 11) is 0. The Hall–Kier alpha value is -2.36. The normalized spacial score (nSPS) is 28.7. The van der Waals surface area contributed by atoms with E-state index in [2.05, 4.69) is 4.90 Å². The molecular weight excluding hydrogens is 437 g/mol. The van der Waals surface area contributed by atoms with Crippen molar-refractivity contribution in [2.45, 2.75) is 70.6 Å². The zero-order valence-corrected chi connectivity index (χ0v) is 18.7. The maximum absolute atomic E-state index is 13.1. The van der Waals surface area contributed by atoms with Crippen LogP contribution < -0.4 is 4.90 Å². The summed E-state index contributed by atoms with van der Waals surface area (Å²) < 4.78 is 46.7. The molecule has 5 rings (SSSR count). The van der Waals surface area contributed by atoms with Gasteiger partial charge >= 0.3 is 12.1 Å². The molecule has 1 saturated heterocycles. The third-order valence-electron chi connectivity index (χ3n) is 7.63. The fraction of sp³-hybridized carbons (Fsp3) is 0.696. The quantitative estimate of drug-likeness (QED) is 0.726. The lowest BCUT2D eigenvalue weighted by Crippen LogP contribution is -2.47. The average Bonchev–Trinajstić information content (AvgIpc) is 3.20. The van der Waals surface area contributed by atoms with Crippen LogP contribution in [0.15, 0.2) is 6.07 Å². The monoisotopic (exact) mass is 466 g/mol. The lowest BCUT2D eigenvalue weighted by atomic mass is 9.80. The van der Waals surface area contributed by atoms with E-state index in [1.54, 1.807) is 11.4 Å². The van der Waals surface area contributed by atoms with E-state index in [-0.39, 0.29) is 18.8 Å². The number of carboxylic acids is 1. The molecule has 0 unspecified atom stereocenters. The summed E-state index contributed by atoms with van der Waals surface area (Å²) in [5.74, 6) is -1.21. The molecular formula is C23H29F3N4O3. The van der Waals surface area contributed by atoms with Crippen molar-refractivity contribution in [2.75, 3.05) is 24.6 Å². The molecule has 2 aliphatic heterocycles. The first kappa shape index (κ1) is 22.4. The minimum Gasteiger partial charge on any atom is -0.481 e. The number of ether oxygens (including phenoxy) is 1. The number of hydrogen-bond donors (Lipinski definition) is 1. The molecule has 1 aliphatic carbocycles. The second-order valence-corrected chi connectivity index (χ2v) is 9.98. The first-order valence-electron chi connectivity index (χ1n) is 11.7. The van der Waals surface area contributed by atoms with Crippen LogP contribution in [0.25, 0.3) is 5.65 Å². The Balaban J connectivity index is 1.52. The van der Waals surface area contributed by atoms with Crippen LogP contribution in [0.2, 0.25) is 0 Å². The van der Waals surface area contributed by atoms with Gasteiger partial charge in [0.25, 0.3) is 0 Å². The smallest absolute Gasteiger partial charge is 0.391 e. The average molecular weight is 467 g/mol. The van der Waals surface area contributed by atoms with Crippen molar-refractivity contribution < 1.29 is 27.8 Å². The number of piperidine rings is 1. The Labute approximate surface area is 189 Å². The van der Waals surface area contributed by atoms with E-state index in [4.69, 9.17) is 14.8 Å². The highest BCUT2D eigenvalue weighted by atomic mass is 19.4. The highest BCUT2D eigenvalue weighted by Gasteiger charge is 2.42. The van der Waals surface area contributed by atoms with E-state index in [1.165, 1.54) is 0 Å². The van der Waals surface area contributed by atoms with Gasteiger partial charge in [-0.1, -0.05) is 0 Å². The third kappa shape index (κ3) is 4.06. The molecule has 2 fully saturated rings. The van der Waals surface area contributed by atoms with Crippen LogP contribution in [-0.4, -0.2) is 51.5 Å². The van der Waals surface area contributed by atoms with Gasteiger partial charge in [0, 0.05) is 37.1 Å². The number of fused-ring (bicyclic) bond motifs is 2. The molecule has 1 saturated carbocycles. The summed E-state index contributed by atoms with van der Waals surface area (Å²) >= 11 is 0. The fourth-order valence-electron chi connectivity index (χ4n) is 5.64. The van der Waals surface area contributed by atoms with Crippen LogP contribution in [0.5, 0.6) is 0 Å². The van der Waals surface area contributed by atoms with Gasteiger partial charge in [-0.3, -0.25) is 4.79 Å². The first-order chi connectivity index (χ1) is 15.7. The van der Waals surface area contributed by atoms with Gasteiger partial charge in [0.05, 0.1) is 35.9 Å². The summed E-state index contributed by atoms with van der Waals surface area (Å²) in [5.41, 5.74) is 2.42. The number of aliphatic carboxylic acids is 1. The zero-order chi connectivity index (χ0) is 23.4. The number of hydrogen-bond acceptors (Lipinski definition) is 5. The van der Waals surface area contributed by atoms with Gasteiger partial charge in [-0.25, -0.2) is 4.98 Å². The van der Waals surface area contributed by atoms with Crippen LogP contribution >= 0.6 is 0 Å². The maximum atomic E-state index is 13.1. The van der Waals surface area contributed by atoms with Gasteiger partial charge in [-0.15, -0.1) is 0 Å². The summed E-state index contributed by atoms with van der Waals surface area (Å²) in [6, 6.07) is 1.89. The van der Waals surface area contributed by atoms with E-state index >= 15 is 0 Å². The second-order valence-electron chi connectivity index (χ2n) is 9.98. The van der Waals surface area contributed by atoms with Crippen molar-refractivity contribution in [2.24, 2.45) is 11.3 Å². The van der Waals surface area contributed by atoms with Crippen molar-refractivity contribution in [3.63, 3.8) is 0 Å². The van der Waals surface area contributed by atoms with E-state index in [0.29, 0.717) is 51.1 Å². The number of aromatic nitrogens is 3. The van der Waals surface area contributed by atoms with Gasteiger partial charge in [0.2, 0.25) is 0 Å². The zero-order valence-electron chi connectivity index (χ0n) is 18.7. The molecule has 1 atom stereocenters. The van der Waals surface area contributed by atoms with Crippen molar-refractivity contribution in [3.05, 3.63) is 23.0 Å². The summed E-state index contributed by atoms with van der Waals surface area (Å²) in [4.78, 5) is 18.8. The van der Waals surface area contributed by atoms with Crippen molar-refractivity contribution in [3.8, 4) is 0 Å². The van der Waals surface area contributed by atoms with Gasteiger partial charge in [0.15, 0.2) is 5.65 Å². The lowest BCUT2D eigenvalue weighted by Gasteiger charge is -2.40. The van der Waals surface area contributed by atoms with Gasteiger partial charge < -0.3 is 14.7 Å². The number of alkyl halides is 3. The Morgan fingerprint density at radius 1 is 1.27 bits per heavy atom. The molecule has 10 heteroatoms. The minimum absolute atomic E-state index is 0.0305. The minimum atomic E-state index is -4.14. The van der Waals surface area contributed by atoms with Crippen molar-refractivity contribution in [1.82, 2.24) is 14.6 Å². The molecule has 3 aliphatic rings. The Morgan fingerprint density at radius 3 is 2.73 bits per heavy atom. The molecule has 0 amide bonds. The largest absolute Gasteiger partial charge is 0.481 e. The van der Waals surface area contributed by atoms with Crippen LogP contribution in [-0.2, 0) is 22.6 Å². The highest BCUT2D eigenvalue weighted by Crippen LogP contribution is 2.43. The summed E-state index contributed by atoms with van der Waals surface area (Å²) in [6.07, 6.45) is -0.952. The molecule has 0 radical (unpaired) electrons. The third-order valence-corrected chi connectivity index (χ3v) is 7.63. The molecule has 180 valence electrons. The standard InChI is InChI=1S/C23H29F3N4O3/c1-22(21(31)32)8-2-9-29(13-22)20-16-7-10-33-12-18(16)27-19-11-17(28-30(19)20)14-3-5-15(6-4-14)23(24,25)26/h11,14-15H,2-10,12-13H2,1H3,(H,31,32)/t14-,15-,22-/m1/s1. The van der Waals surface area contributed by atoms with Crippen LogP contribution in [0.3, 0.4) is 0 Å². The Bertz CT molecular complexity index is 1060. The topological polar surface area (TPSA) is 80.0 Å². The number of rotatable bonds is 3. The molecule has 33 heavy (non-hydrogen) atoms. The maximum Gasteiger partial charge on any atom is 0.391 e. The number of halogens is 3. The van der Waals surface area contributed by atoms with Crippen molar-refractivity contribution in [1.29, 1.82) is 0 Å². The number of carbonyl (C=O) groups is 1. The van der Waals surface area contributed by atoms with E-state index in [9.17, 15) is 23.1 Å². The number of anilines is 1.